The predicted octanol–water partition coefficient (Wildman–Crippen LogP) is 1.83. The topological polar surface area (TPSA) is 66.4 Å². The van der Waals surface area contributed by atoms with Gasteiger partial charge in [0.15, 0.2) is 0 Å². The molecule has 1 aromatic carbocycles. The Labute approximate surface area is 91.2 Å². The largest absolute Gasteiger partial charge is 0.477 e. The Hall–Kier alpha value is -1.81. The van der Waals surface area contributed by atoms with E-state index in [2.05, 4.69) is 5.32 Å². The highest BCUT2D eigenvalue weighted by atomic mass is 35.5. The zero-order valence-corrected chi connectivity index (χ0v) is 8.36. The van der Waals surface area contributed by atoms with Gasteiger partial charge in [0.1, 0.15) is 5.03 Å². The van der Waals surface area contributed by atoms with Crippen molar-refractivity contribution in [3.8, 4) is 0 Å². The summed E-state index contributed by atoms with van der Waals surface area (Å²) in [6, 6.07) is 8.66. The van der Waals surface area contributed by atoms with Gasteiger partial charge in [-0.25, -0.2) is 4.79 Å². The molecular formula is C10H8ClNO3. The molecule has 0 fully saturated rings. The Balaban J connectivity index is 2.65. The predicted molar refractivity (Wildman–Crippen MR) is 56.6 cm³/mol. The normalized spacial score (nSPS) is 10.9. The molecule has 0 bridgehead atoms. The van der Waals surface area contributed by atoms with Gasteiger partial charge in [-0.3, -0.25) is 4.79 Å². The maximum atomic E-state index is 11.2. The molecular weight excluding hydrogens is 218 g/mol. The molecule has 0 spiro atoms. The molecule has 4 nitrogen and oxygen atoms in total. The van der Waals surface area contributed by atoms with Crippen molar-refractivity contribution < 1.29 is 14.7 Å². The average Bonchev–Trinajstić information content (AvgIpc) is 2.18. The van der Waals surface area contributed by atoms with Crippen molar-refractivity contribution in [2.45, 2.75) is 0 Å². The highest BCUT2D eigenvalue weighted by molar-refractivity contribution is 6.42. The van der Waals surface area contributed by atoms with Crippen LogP contribution >= 0.6 is 11.6 Å². The van der Waals surface area contributed by atoms with Crippen LogP contribution in [0.2, 0.25) is 0 Å². The number of anilines is 1. The first-order chi connectivity index (χ1) is 7.09. The number of nitrogens with one attached hydrogen (secondary N) is 1. The van der Waals surface area contributed by atoms with Crippen LogP contribution in [0.15, 0.2) is 41.4 Å². The third kappa shape index (κ3) is 3.83. The van der Waals surface area contributed by atoms with E-state index in [9.17, 15) is 9.59 Å². The number of benzene rings is 1. The first kappa shape index (κ1) is 11.3. The fourth-order valence-corrected chi connectivity index (χ4v) is 0.976. The third-order valence-corrected chi connectivity index (χ3v) is 1.77. The summed E-state index contributed by atoms with van der Waals surface area (Å²) < 4.78 is 0. The van der Waals surface area contributed by atoms with Crippen molar-refractivity contribution in [1.82, 2.24) is 0 Å². The number of carboxylic acids is 1. The number of halogens is 1. The number of rotatable bonds is 3. The number of carboxylic acid groups (broad SMARTS) is 1. The Bertz CT molecular complexity index is 400. The summed E-state index contributed by atoms with van der Waals surface area (Å²) in [6.07, 6.45) is 0.816. The van der Waals surface area contributed by atoms with Crippen LogP contribution in [0.5, 0.6) is 0 Å². The van der Waals surface area contributed by atoms with Gasteiger partial charge >= 0.3 is 5.97 Å². The second kappa shape index (κ2) is 5.17. The second-order valence-corrected chi connectivity index (χ2v) is 3.06. The van der Waals surface area contributed by atoms with Crippen LogP contribution in [0, 0.1) is 0 Å². The van der Waals surface area contributed by atoms with Crippen LogP contribution in [0.1, 0.15) is 0 Å². The van der Waals surface area contributed by atoms with E-state index < -0.39 is 16.9 Å². The lowest BCUT2D eigenvalue weighted by atomic mass is 10.3. The molecule has 1 amide bonds. The Morgan fingerprint density at radius 3 is 2.40 bits per heavy atom. The number of hydrogen-bond donors (Lipinski definition) is 2. The minimum Gasteiger partial charge on any atom is -0.477 e. The molecule has 15 heavy (non-hydrogen) atoms. The van der Waals surface area contributed by atoms with E-state index in [-0.39, 0.29) is 0 Å². The zero-order chi connectivity index (χ0) is 11.3. The van der Waals surface area contributed by atoms with Gasteiger partial charge in [0.25, 0.3) is 0 Å². The second-order valence-electron chi connectivity index (χ2n) is 2.65. The lowest BCUT2D eigenvalue weighted by Crippen LogP contribution is -2.09. The molecule has 0 heterocycles. The number of aliphatic carboxylic acids is 1. The summed E-state index contributed by atoms with van der Waals surface area (Å²) in [7, 11) is 0. The monoisotopic (exact) mass is 225 g/mol. The van der Waals surface area contributed by atoms with Crippen LogP contribution in [0.25, 0.3) is 0 Å². The molecule has 5 heteroatoms. The van der Waals surface area contributed by atoms with Gasteiger partial charge in [0, 0.05) is 11.8 Å². The molecule has 0 radical (unpaired) electrons. The lowest BCUT2D eigenvalue weighted by Gasteiger charge is -2.00. The molecule has 1 rings (SSSR count). The van der Waals surface area contributed by atoms with E-state index in [0.29, 0.717) is 5.69 Å². The number of hydrogen-bond acceptors (Lipinski definition) is 2. The SMILES string of the molecule is O=C(/C=C(\Cl)C(=O)O)Nc1ccccc1. The van der Waals surface area contributed by atoms with Crippen molar-refractivity contribution >= 4 is 29.2 Å². The number of para-hydroxylation sites is 1. The zero-order valence-electron chi connectivity index (χ0n) is 7.61. The van der Waals surface area contributed by atoms with Gasteiger partial charge in [-0.15, -0.1) is 0 Å². The van der Waals surface area contributed by atoms with Crippen molar-refractivity contribution in [3.63, 3.8) is 0 Å². The van der Waals surface area contributed by atoms with E-state index >= 15 is 0 Å². The van der Waals surface area contributed by atoms with Crippen molar-refractivity contribution in [3.05, 3.63) is 41.4 Å². The fourth-order valence-electron chi connectivity index (χ4n) is 0.877. The van der Waals surface area contributed by atoms with Crippen LogP contribution in [-0.2, 0) is 9.59 Å². The molecule has 0 saturated carbocycles. The van der Waals surface area contributed by atoms with E-state index in [1.54, 1.807) is 30.3 Å². The molecule has 78 valence electrons. The molecule has 0 atom stereocenters. The minimum atomic E-state index is -1.33. The van der Waals surface area contributed by atoms with E-state index in [4.69, 9.17) is 16.7 Å². The van der Waals surface area contributed by atoms with Gasteiger partial charge in [0.2, 0.25) is 5.91 Å². The van der Waals surface area contributed by atoms with Crippen molar-refractivity contribution in [2.75, 3.05) is 5.32 Å². The summed E-state index contributed by atoms with van der Waals surface area (Å²) in [5.41, 5.74) is 0.577. The van der Waals surface area contributed by atoms with Gasteiger partial charge < -0.3 is 10.4 Å². The van der Waals surface area contributed by atoms with Gasteiger partial charge in [-0.05, 0) is 12.1 Å². The maximum Gasteiger partial charge on any atom is 0.347 e. The third-order valence-electron chi connectivity index (χ3n) is 1.50. The summed E-state index contributed by atoms with van der Waals surface area (Å²) >= 11 is 5.28. The molecule has 0 aliphatic carbocycles. The number of amides is 1. The van der Waals surface area contributed by atoms with Gasteiger partial charge in [0.05, 0.1) is 0 Å². The smallest absolute Gasteiger partial charge is 0.347 e. The Morgan fingerprint density at radius 2 is 1.87 bits per heavy atom. The quantitative estimate of drug-likeness (QED) is 0.772. The highest BCUT2D eigenvalue weighted by Gasteiger charge is 2.06. The first-order valence-electron chi connectivity index (χ1n) is 4.06. The fraction of sp³-hybridized carbons (Fsp3) is 0. The van der Waals surface area contributed by atoms with E-state index in [1.165, 1.54) is 0 Å². The van der Waals surface area contributed by atoms with Crippen molar-refractivity contribution in [2.24, 2.45) is 0 Å². The Kier molecular flexibility index (Phi) is 3.88. The summed E-state index contributed by atoms with van der Waals surface area (Å²) in [5.74, 6) is -1.91. The number of carbonyl (C=O) groups excluding carboxylic acids is 1. The highest BCUT2D eigenvalue weighted by Crippen LogP contribution is 2.06. The van der Waals surface area contributed by atoms with Gasteiger partial charge in [-0.1, -0.05) is 29.8 Å². The molecule has 1 aromatic rings. The standard InChI is InChI=1S/C10H8ClNO3/c11-8(10(14)15)6-9(13)12-7-4-2-1-3-5-7/h1-6H,(H,12,13)(H,14,15)/b8-6-. The van der Waals surface area contributed by atoms with E-state index in [0.717, 1.165) is 6.08 Å². The molecule has 2 N–H and O–H groups in total. The van der Waals surface area contributed by atoms with E-state index in [1.807, 2.05) is 0 Å². The van der Waals surface area contributed by atoms with Crippen molar-refractivity contribution in [1.29, 1.82) is 0 Å². The Morgan fingerprint density at radius 1 is 1.27 bits per heavy atom. The van der Waals surface area contributed by atoms with Crippen LogP contribution in [0.3, 0.4) is 0 Å². The molecule has 0 unspecified atom stereocenters. The minimum absolute atomic E-state index is 0.525. The summed E-state index contributed by atoms with van der Waals surface area (Å²) in [6.45, 7) is 0. The summed E-state index contributed by atoms with van der Waals surface area (Å²) in [4.78, 5) is 21.5. The molecule has 0 aromatic heterocycles. The average molecular weight is 226 g/mol. The summed E-state index contributed by atoms with van der Waals surface area (Å²) in [5, 5.41) is 10.4. The van der Waals surface area contributed by atoms with Gasteiger partial charge in [-0.2, -0.15) is 0 Å². The number of carbonyl (C=O) groups is 2. The maximum absolute atomic E-state index is 11.2. The first-order valence-corrected chi connectivity index (χ1v) is 4.44. The van der Waals surface area contributed by atoms with Crippen LogP contribution in [-0.4, -0.2) is 17.0 Å². The molecule has 0 saturated heterocycles. The molecule has 0 aliphatic heterocycles. The molecule has 0 aliphatic rings. The van der Waals surface area contributed by atoms with Crippen LogP contribution in [0.4, 0.5) is 5.69 Å². The van der Waals surface area contributed by atoms with Crippen LogP contribution < -0.4 is 5.32 Å². The lowest BCUT2D eigenvalue weighted by molar-refractivity contribution is -0.132.